The number of nitrogens with zero attached hydrogens (tertiary/aromatic N) is 1. The van der Waals surface area contributed by atoms with Crippen LogP contribution in [0.3, 0.4) is 0 Å². The fourth-order valence-corrected chi connectivity index (χ4v) is 6.08. The number of nitrogens with one attached hydrogen (secondary N) is 1. The van der Waals surface area contributed by atoms with E-state index in [1.807, 2.05) is 18.2 Å². The Labute approximate surface area is 212 Å². The van der Waals surface area contributed by atoms with Crippen molar-refractivity contribution >= 4 is 57.9 Å². The fourth-order valence-electron chi connectivity index (χ4n) is 4.83. The first-order valence-corrected chi connectivity index (χ1v) is 12.4. The number of carbonyl (C=O) groups excluding carboxylic acids is 1. The number of methoxy groups -OCH3 is 1. The Kier molecular flexibility index (Phi) is 7.22. The summed E-state index contributed by atoms with van der Waals surface area (Å²) in [6.07, 6.45) is 6.37. The predicted molar refractivity (Wildman–Crippen MR) is 136 cm³/mol. The maximum Gasteiger partial charge on any atom is 0.244 e. The molecule has 1 N–H and O–H groups in total. The summed E-state index contributed by atoms with van der Waals surface area (Å²) in [5.74, 6) is 1.83. The SMILES string of the molecule is COc1cc(/C=N\NC(=O)[C@@H]2[C@@H]3CCCC[C@]23C)cc(I)c1OCc1ccc(Cl)cc1Cl. The Morgan fingerprint density at radius 2 is 2.12 bits per heavy atom. The molecule has 2 aromatic rings. The quantitative estimate of drug-likeness (QED) is 0.230. The van der Waals surface area contributed by atoms with Crippen LogP contribution in [-0.2, 0) is 11.4 Å². The van der Waals surface area contributed by atoms with Crippen LogP contribution in [0.2, 0.25) is 10.0 Å². The van der Waals surface area contributed by atoms with Gasteiger partial charge in [-0.3, -0.25) is 4.79 Å². The van der Waals surface area contributed by atoms with Gasteiger partial charge in [0.05, 0.1) is 16.9 Å². The molecule has 5 nitrogen and oxygen atoms in total. The summed E-state index contributed by atoms with van der Waals surface area (Å²) in [6, 6.07) is 9.06. The van der Waals surface area contributed by atoms with Gasteiger partial charge in [0, 0.05) is 21.5 Å². The summed E-state index contributed by atoms with van der Waals surface area (Å²) in [5, 5.41) is 5.33. The Bertz CT molecular complexity index is 1060. The number of hydrogen-bond donors (Lipinski definition) is 1. The molecular formula is C24H25Cl2IN2O3. The van der Waals surface area contributed by atoms with Gasteiger partial charge in [-0.1, -0.05) is 49.0 Å². The minimum Gasteiger partial charge on any atom is -0.493 e. The molecular weight excluding hydrogens is 562 g/mol. The van der Waals surface area contributed by atoms with E-state index in [2.05, 4.69) is 40.0 Å². The lowest BCUT2D eigenvalue weighted by molar-refractivity contribution is -0.123. The number of fused-ring (bicyclic) bond motifs is 1. The normalized spacial score (nSPS) is 24.2. The molecule has 2 aromatic carbocycles. The van der Waals surface area contributed by atoms with Gasteiger partial charge in [0.15, 0.2) is 11.5 Å². The molecule has 2 saturated carbocycles. The van der Waals surface area contributed by atoms with Crippen molar-refractivity contribution in [2.75, 3.05) is 7.11 Å². The molecule has 2 fully saturated rings. The van der Waals surface area contributed by atoms with E-state index in [9.17, 15) is 4.79 Å². The van der Waals surface area contributed by atoms with Crippen molar-refractivity contribution in [2.45, 2.75) is 39.2 Å². The van der Waals surface area contributed by atoms with Crippen molar-refractivity contribution in [3.05, 3.63) is 55.1 Å². The van der Waals surface area contributed by atoms with Gasteiger partial charge in [-0.05, 0) is 76.6 Å². The standard InChI is InChI=1S/C24H25Cl2IN2O3/c1-24-8-4-3-5-17(24)21(24)23(30)29-28-12-14-9-19(27)22(20(10-14)31-2)32-13-15-6-7-16(25)11-18(15)26/h6-7,9-12,17,21H,3-5,8,13H2,1-2H3,(H,29,30)/b28-12-/t17-,21-,24-/m0/s1. The Balaban J connectivity index is 1.41. The number of hydrogen-bond acceptors (Lipinski definition) is 4. The van der Waals surface area contributed by atoms with E-state index < -0.39 is 0 Å². The van der Waals surface area contributed by atoms with Crippen molar-refractivity contribution < 1.29 is 14.3 Å². The van der Waals surface area contributed by atoms with Crippen molar-refractivity contribution in [3.63, 3.8) is 0 Å². The van der Waals surface area contributed by atoms with Crippen LogP contribution >= 0.6 is 45.8 Å². The molecule has 170 valence electrons. The first-order chi connectivity index (χ1) is 15.3. The van der Waals surface area contributed by atoms with Gasteiger partial charge in [-0.15, -0.1) is 0 Å². The van der Waals surface area contributed by atoms with Crippen LogP contribution in [0.25, 0.3) is 0 Å². The average molecular weight is 587 g/mol. The largest absolute Gasteiger partial charge is 0.493 e. The zero-order chi connectivity index (χ0) is 22.9. The Morgan fingerprint density at radius 1 is 1.31 bits per heavy atom. The van der Waals surface area contributed by atoms with Crippen molar-refractivity contribution in [1.29, 1.82) is 0 Å². The fraction of sp³-hybridized carbons (Fsp3) is 0.417. The summed E-state index contributed by atoms with van der Waals surface area (Å²) in [7, 11) is 1.59. The van der Waals surface area contributed by atoms with Gasteiger partial charge in [0.1, 0.15) is 6.61 Å². The lowest BCUT2D eigenvalue weighted by atomic mass is 9.90. The smallest absolute Gasteiger partial charge is 0.244 e. The first-order valence-electron chi connectivity index (χ1n) is 10.6. The van der Waals surface area contributed by atoms with E-state index in [0.29, 0.717) is 27.5 Å². The topological polar surface area (TPSA) is 59.9 Å². The van der Waals surface area contributed by atoms with Crippen LogP contribution in [-0.4, -0.2) is 19.2 Å². The molecule has 0 aromatic heterocycles. The number of amides is 1. The van der Waals surface area contributed by atoms with Gasteiger partial charge in [0.2, 0.25) is 5.91 Å². The highest BCUT2D eigenvalue weighted by molar-refractivity contribution is 14.1. The number of ether oxygens (including phenoxy) is 2. The minimum atomic E-state index is 0.0251. The summed E-state index contributed by atoms with van der Waals surface area (Å²) in [4.78, 5) is 12.6. The zero-order valence-electron chi connectivity index (χ0n) is 18.0. The van der Waals surface area contributed by atoms with Crippen molar-refractivity contribution in [2.24, 2.45) is 22.4 Å². The van der Waals surface area contributed by atoms with Gasteiger partial charge >= 0.3 is 0 Å². The van der Waals surface area contributed by atoms with E-state index in [-0.39, 0.29) is 23.8 Å². The van der Waals surface area contributed by atoms with Gasteiger partial charge in [-0.25, -0.2) is 5.43 Å². The Hall–Kier alpha value is -1.51. The van der Waals surface area contributed by atoms with Crippen molar-refractivity contribution in [3.8, 4) is 11.5 Å². The van der Waals surface area contributed by atoms with Crippen LogP contribution in [0, 0.1) is 20.8 Å². The summed E-state index contributed by atoms with van der Waals surface area (Å²) >= 11 is 14.4. The zero-order valence-corrected chi connectivity index (χ0v) is 21.6. The molecule has 0 heterocycles. The summed E-state index contributed by atoms with van der Waals surface area (Å²) in [6.45, 7) is 2.52. The summed E-state index contributed by atoms with van der Waals surface area (Å²) < 4.78 is 12.4. The van der Waals surface area contributed by atoms with Crippen LogP contribution in [0.1, 0.15) is 43.7 Å². The molecule has 0 spiro atoms. The van der Waals surface area contributed by atoms with E-state index in [1.165, 1.54) is 12.8 Å². The number of halogens is 3. The molecule has 8 heteroatoms. The molecule has 1 amide bonds. The molecule has 4 rings (SSSR count). The molecule has 0 unspecified atom stereocenters. The van der Waals surface area contributed by atoms with Gasteiger partial charge in [-0.2, -0.15) is 5.10 Å². The highest BCUT2D eigenvalue weighted by Crippen LogP contribution is 2.66. The second-order valence-electron chi connectivity index (χ2n) is 8.63. The second kappa shape index (κ2) is 9.77. The molecule has 0 bridgehead atoms. The highest BCUT2D eigenvalue weighted by atomic mass is 127. The van der Waals surface area contributed by atoms with Crippen LogP contribution in [0.15, 0.2) is 35.4 Å². The second-order valence-corrected chi connectivity index (χ2v) is 10.6. The number of carbonyl (C=O) groups is 1. The Morgan fingerprint density at radius 3 is 2.81 bits per heavy atom. The van der Waals surface area contributed by atoms with Crippen molar-refractivity contribution in [1.82, 2.24) is 5.43 Å². The molecule has 2 aliphatic rings. The molecule has 32 heavy (non-hydrogen) atoms. The first kappa shape index (κ1) is 23.6. The summed E-state index contributed by atoms with van der Waals surface area (Å²) in [5.41, 5.74) is 4.54. The molecule has 3 atom stereocenters. The van der Waals surface area contributed by atoms with E-state index in [1.54, 1.807) is 25.5 Å². The van der Waals surface area contributed by atoms with Gasteiger partial charge < -0.3 is 9.47 Å². The predicted octanol–water partition coefficient (Wildman–Crippen LogP) is 6.46. The van der Waals surface area contributed by atoms with E-state index in [4.69, 9.17) is 32.7 Å². The number of hydrazone groups is 1. The molecule has 0 radical (unpaired) electrons. The molecule has 0 aliphatic heterocycles. The minimum absolute atomic E-state index is 0.0251. The van der Waals surface area contributed by atoms with Crippen LogP contribution in [0.4, 0.5) is 0 Å². The van der Waals surface area contributed by atoms with E-state index >= 15 is 0 Å². The third-order valence-electron chi connectivity index (χ3n) is 6.64. The maximum absolute atomic E-state index is 12.6. The maximum atomic E-state index is 12.6. The van der Waals surface area contributed by atoms with Gasteiger partial charge in [0.25, 0.3) is 0 Å². The third kappa shape index (κ3) is 4.87. The molecule has 0 saturated heterocycles. The van der Waals surface area contributed by atoms with Crippen LogP contribution in [0.5, 0.6) is 11.5 Å². The molecule has 2 aliphatic carbocycles. The van der Waals surface area contributed by atoms with Crippen LogP contribution < -0.4 is 14.9 Å². The monoisotopic (exact) mass is 586 g/mol. The van der Waals surface area contributed by atoms with E-state index in [0.717, 1.165) is 27.5 Å². The number of benzene rings is 2. The highest BCUT2D eigenvalue weighted by Gasteiger charge is 2.64. The average Bonchev–Trinajstić information content (AvgIpc) is 3.39. The lowest BCUT2D eigenvalue weighted by Gasteiger charge is -2.15. The number of rotatable bonds is 7. The lowest BCUT2D eigenvalue weighted by Crippen LogP contribution is -2.22. The third-order valence-corrected chi connectivity index (χ3v) is 8.03.